The first-order valence-corrected chi connectivity index (χ1v) is 8.08. The summed E-state index contributed by atoms with van der Waals surface area (Å²) in [6.07, 6.45) is 3.46. The summed E-state index contributed by atoms with van der Waals surface area (Å²) >= 11 is 5.83. The summed E-state index contributed by atoms with van der Waals surface area (Å²) in [5, 5.41) is 2.95. The van der Waals surface area contributed by atoms with Gasteiger partial charge in [-0.2, -0.15) is 0 Å². The lowest BCUT2D eigenvalue weighted by molar-refractivity contribution is 0.0952. The zero-order valence-electron chi connectivity index (χ0n) is 9.93. The van der Waals surface area contributed by atoms with E-state index < -0.39 is 0 Å². The van der Waals surface area contributed by atoms with E-state index in [1.165, 1.54) is 17.3 Å². The Balaban J connectivity index is 2.44. The molecule has 0 saturated carbocycles. The molecule has 0 aliphatic rings. The van der Waals surface area contributed by atoms with E-state index in [1.54, 1.807) is 0 Å². The number of alkyl halides is 1. The Hall–Kier alpha value is -0.100. The minimum Gasteiger partial charge on any atom is -0.352 e. The molecule has 94 valence electrons. The topological polar surface area (TPSA) is 29.1 Å². The number of aryl methyl sites for hydroxylation is 1. The van der Waals surface area contributed by atoms with E-state index in [0.29, 0.717) is 0 Å². The summed E-state index contributed by atoms with van der Waals surface area (Å²) < 4.78 is 2.08. The van der Waals surface area contributed by atoms with Gasteiger partial charge in [0, 0.05) is 11.0 Å². The van der Waals surface area contributed by atoms with Gasteiger partial charge in [0.25, 0.3) is 5.91 Å². The minimum absolute atomic E-state index is 0.00930. The monoisotopic (exact) mass is 409 g/mol. The minimum atomic E-state index is 0.00930. The van der Waals surface area contributed by atoms with Crippen molar-refractivity contribution in [1.82, 2.24) is 5.32 Å². The molecule has 0 saturated heterocycles. The van der Waals surface area contributed by atoms with Crippen LogP contribution in [0.3, 0.4) is 0 Å². The van der Waals surface area contributed by atoms with Crippen LogP contribution in [0.2, 0.25) is 0 Å². The van der Waals surface area contributed by atoms with Crippen molar-refractivity contribution in [1.29, 1.82) is 0 Å². The molecule has 1 rings (SSSR count). The number of unbranched alkanes of at least 4 members (excludes halogenated alkanes) is 2. The third-order valence-corrected chi connectivity index (χ3v) is 4.35. The average Bonchev–Trinajstić information content (AvgIpc) is 2.32. The number of hydrogen-bond acceptors (Lipinski definition) is 1. The van der Waals surface area contributed by atoms with Crippen LogP contribution in [0, 0.1) is 6.92 Å². The number of amides is 1. The van der Waals surface area contributed by atoms with Gasteiger partial charge in [-0.3, -0.25) is 4.79 Å². The maximum atomic E-state index is 11.9. The van der Waals surface area contributed by atoms with Gasteiger partial charge >= 0.3 is 0 Å². The number of nitrogens with one attached hydrogen (secondary N) is 1. The Morgan fingerprint density at radius 1 is 1.35 bits per heavy atom. The van der Waals surface area contributed by atoms with Crippen LogP contribution in [-0.2, 0) is 0 Å². The molecule has 0 bridgehead atoms. The molecule has 0 aliphatic carbocycles. The van der Waals surface area contributed by atoms with Crippen LogP contribution < -0.4 is 5.32 Å². The lowest BCUT2D eigenvalue weighted by Crippen LogP contribution is -2.24. The Labute approximate surface area is 125 Å². The molecule has 17 heavy (non-hydrogen) atoms. The van der Waals surface area contributed by atoms with Gasteiger partial charge in [0.2, 0.25) is 0 Å². The summed E-state index contributed by atoms with van der Waals surface area (Å²) in [6.45, 7) is 2.75. The smallest absolute Gasteiger partial charge is 0.252 e. The van der Waals surface area contributed by atoms with Crippen molar-refractivity contribution in [2.24, 2.45) is 0 Å². The second kappa shape index (κ2) is 8.08. The highest BCUT2D eigenvalue weighted by molar-refractivity contribution is 14.1. The largest absolute Gasteiger partial charge is 0.352 e. The van der Waals surface area contributed by atoms with Crippen LogP contribution in [0.5, 0.6) is 0 Å². The first kappa shape index (κ1) is 15.0. The highest BCUT2D eigenvalue weighted by Gasteiger charge is 2.10. The molecule has 2 nitrogen and oxygen atoms in total. The molecule has 0 aromatic heterocycles. The quantitative estimate of drug-likeness (QED) is 0.428. The van der Waals surface area contributed by atoms with Gasteiger partial charge in [-0.05, 0) is 51.8 Å². The summed E-state index contributed by atoms with van der Waals surface area (Å²) in [7, 11) is 0. The van der Waals surface area contributed by atoms with Crippen molar-refractivity contribution in [2.75, 3.05) is 11.0 Å². The van der Waals surface area contributed by atoms with Gasteiger partial charge in [-0.25, -0.2) is 0 Å². The number of carbonyl (C=O) groups is 1. The lowest BCUT2D eigenvalue weighted by Gasteiger charge is -2.08. The van der Waals surface area contributed by atoms with Crippen LogP contribution in [0.1, 0.15) is 35.2 Å². The van der Waals surface area contributed by atoms with Crippen molar-refractivity contribution in [3.8, 4) is 0 Å². The number of halogens is 2. The summed E-state index contributed by atoms with van der Waals surface area (Å²) in [4.78, 5) is 11.9. The van der Waals surface area contributed by atoms with Crippen molar-refractivity contribution in [3.63, 3.8) is 0 Å². The molecule has 0 aliphatic heterocycles. The number of carbonyl (C=O) groups excluding carboxylic acids is 1. The Morgan fingerprint density at radius 3 is 2.82 bits per heavy atom. The third-order valence-electron chi connectivity index (χ3n) is 2.53. The molecular weight excluding hydrogens is 393 g/mol. The molecule has 1 amide bonds. The molecule has 0 spiro atoms. The molecule has 4 heteroatoms. The molecule has 1 aromatic rings. The highest BCUT2D eigenvalue weighted by atomic mass is 127. The first-order chi connectivity index (χ1) is 8.16. The van der Waals surface area contributed by atoms with Gasteiger partial charge in [-0.15, -0.1) is 0 Å². The standard InChI is InChI=1S/C13H17BrINO/c1-10-6-5-7-11(12(10)14)13(17)16-9-4-2-3-8-15/h5-7H,2-4,8-9H2,1H3,(H,16,17). The molecule has 1 N–H and O–H groups in total. The van der Waals surface area contributed by atoms with E-state index in [4.69, 9.17) is 0 Å². The fourth-order valence-corrected chi connectivity index (χ4v) is 2.50. The predicted octanol–water partition coefficient (Wildman–Crippen LogP) is 4.09. The maximum absolute atomic E-state index is 11.9. The first-order valence-electron chi connectivity index (χ1n) is 5.76. The molecule has 0 heterocycles. The van der Waals surface area contributed by atoms with E-state index in [-0.39, 0.29) is 5.91 Å². The van der Waals surface area contributed by atoms with E-state index >= 15 is 0 Å². The molecule has 0 radical (unpaired) electrons. The molecule has 0 unspecified atom stereocenters. The van der Waals surface area contributed by atoms with Crippen molar-refractivity contribution in [2.45, 2.75) is 26.2 Å². The van der Waals surface area contributed by atoms with Crippen molar-refractivity contribution >= 4 is 44.4 Å². The number of benzene rings is 1. The van der Waals surface area contributed by atoms with E-state index in [1.807, 2.05) is 25.1 Å². The highest BCUT2D eigenvalue weighted by Crippen LogP contribution is 2.20. The Kier molecular flexibility index (Phi) is 7.11. The van der Waals surface area contributed by atoms with E-state index in [0.717, 1.165) is 28.6 Å². The predicted molar refractivity (Wildman–Crippen MR) is 84.0 cm³/mol. The fraction of sp³-hybridized carbons (Fsp3) is 0.462. The third kappa shape index (κ3) is 4.95. The zero-order chi connectivity index (χ0) is 12.7. The molecule has 0 atom stereocenters. The van der Waals surface area contributed by atoms with Gasteiger partial charge in [0.15, 0.2) is 0 Å². The summed E-state index contributed by atoms with van der Waals surface area (Å²) in [5.41, 5.74) is 1.81. The van der Waals surface area contributed by atoms with Crippen LogP contribution in [0.15, 0.2) is 22.7 Å². The van der Waals surface area contributed by atoms with Crippen molar-refractivity contribution in [3.05, 3.63) is 33.8 Å². The normalized spacial score (nSPS) is 10.3. The molecule has 1 aromatic carbocycles. The Bertz CT molecular complexity index is 382. The Morgan fingerprint density at radius 2 is 2.12 bits per heavy atom. The SMILES string of the molecule is Cc1cccc(C(=O)NCCCCCI)c1Br. The number of rotatable bonds is 6. The van der Waals surface area contributed by atoms with Gasteiger partial charge in [-0.1, -0.05) is 41.1 Å². The van der Waals surface area contributed by atoms with E-state index in [9.17, 15) is 4.79 Å². The van der Waals surface area contributed by atoms with Crippen LogP contribution in [-0.4, -0.2) is 16.9 Å². The van der Waals surface area contributed by atoms with Gasteiger partial charge < -0.3 is 5.32 Å². The summed E-state index contributed by atoms with van der Waals surface area (Å²) in [5.74, 6) is 0.00930. The van der Waals surface area contributed by atoms with Gasteiger partial charge in [0.1, 0.15) is 0 Å². The van der Waals surface area contributed by atoms with Crippen LogP contribution in [0.4, 0.5) is 0 Å². The lowest BCUT2D eigenvalue weighted by atomic mass is 10.1. The average molecular weight is 410 g/mol. The van der Waals surface area contributed by atoms with Crippen LogP contribution >= 0.6 is 38.5 Å². The summed E-state index contributed by atoms with van der Waals surface area (Å²) in [6, 6.07) is 5.74. The second-order valence-electron chi connectivity index (χ2n) is 3.94. The van der Waals surface area contributed by atoms with Crippen LogP contribution in [0.25, 0.3) is 0 Å². The number of hydrogen-bond donors (Lipinski definition) is 1. The van der Waals surface area contributed by atoms with Gasteiger partial charge in [0.05, 0.1) is 5.56 Å². The fourth-order valence-electron chi connectivity index (χ4n) is 1.52. The molecule has 0 fully saturated rings. The zero-order valence-corrected chi connectivity index (χ0v) is 13.7. The van der Waals surface area contributed by atoms with Crippen molar-refractivity contribution < 1.29 is 4.79 Å². The second-order valence-corrected chi connectivity index (χ2v) is 5.81. The maximum Gasteiger partial charge on any atom is 0.252 e. The van der Waals surface area contributed by atoms with E-state index in [2.05, 4.69) is 43.8 Å². The molecular formula is C13H17BrINO.